The monoisotopic (exact) mass is 837 g/mol. The molecule has 0 radical (unpaired) electrons. The van der Waals surface area contributed by atoms with Gasteiger partial charge in [-0.25, -0.2) is 0 Å². The van der Waals surface area contributed by atoms with Crippen LogP contribution in [0.15, 0.2) is 0 Å². The fourth-order valence-corrected chi connectivity index (χ4v) is 7.41. The summed E-state index contributed by atoms with van der Waals surface area (Å²) in [6.07, 6.45) is -3.88. The first-order valence-corrected chi connectivity index (χ1v) is 13.2. The van der Waals surface area contributed by atoms with E-state index in [-0.39, 0.29) is 40.6 Å². The first-order chi connectivity index (χ1) is 16.4. The van der Waals surface area contributed by atoms with Crippen LogP contribution in [-0.2, 0) is 4.79 Å². The van der Waals surface area contributed by atoms with E-state index in [0.29, 0.717) is 0 Å². The second kappa shape index (κ2) is 15.7. The van der Waals surface area contributed by atoms with Crippen LogP contribution in [0.25, 0.3) is 0 Å². The van der Waals surface area contributed by atoms with E-state index in [0.717, 1.165) is 4.90 Å². The Kier molecular flexibility index (Phi) is 14.6. The quantitative estimate of drug-likeness (QED) is 0.0941. The van der Waals surface area contributed by atoms with Crippen molar-refractivity contribution in [2.24, 2.45) is 0 Å². The molecule has 0 aliphatic carbocycles. The molecule has 1 rings (SSSR count). The number of carbonyl (C=O) groups is 3. The highest BCUT2D eigenvalue weighted by Gasteiger charge is 2.32. The van der Waals surface area contributed by atoms with Crippen molar-refractivity contribution in [1.82, 2.24) is 10.6 Å². The maximum atomic E-state index is 13.0. The van der Waals surface area contributed by atoms with Crippen LogP contribution in [-0.4, -0.2) is 118 Å². The molecule has 13 nitrogen and oxygen atoms in total. The van der Waals surface area contributed by atoms with E-state index in [9.17, 15) is 39.9 Å². The van der Waals surface area contributed by atoms with E-state index < -0.39 is 69.0 Å². The number of hydrogen-bond acceptors (Lipinski definition) is 10. The van der Waals surface area contributed by atoms with E-state index in [4.69, 9.17) is 10.2 Å². The number of anilines is 1. The Morgan fingerprint density at radius 3 is 1.46 bits per heavy atom. The molecule has 9 N–H and O–H groups in total. The summed E-state index contributed by atoms with van der Waals surface area (Å²) in [6, 6.07) is 0. The second-order valence-electron chi connectivity index (χ2n) is 7.13. The van der Waals surface area contributed by atoms with Crippen LogP contribution in [0.5, 0.6) is 0 Å². The molecule has 0 aromatic heterocycles. The van der Waals surface area contributed by atoms with E-state index in [1.54, 1.807) is 67.8 Å². The number of nitrogens with zero attached hydrogens (tertiary/aromatic N) is 1. The summed E-state index contributed by atoms with van der Waals surface area (Å²) < 4.78 is 0.503. The van der Waals surface area contributed by atoms with Crippen LogP contribution >= 0.6 is 67.8 Å². The van der Waals surface area contributed by atoms with Crippen LogP contribution in [0.4, 0.5) is 5.69 Å². The lowest BCUT2D eigenvalue weighted by Crippen LogP contribution is -2.43. The molecule has 0 fully saturated rings. The number of aliphatic hydroxyl groups is 7. The smallest absolute Gasteiger partial charge is 0.253 e. The Balaban J connectivity index is 3.78. The molecular formula is C19H26I3N3O10. The van der Waals surface area contributed by atoms with Gasteiger partial charge in [0.25, 0.3) is 17.7 Å². The Morgan fingerprint density at radius 2 is 1.11 bits per heavy atom. The van der Waals surface area contributed by atoms with Gasteiger partial charge in [0.2, 0.25) is 0 Å². The Morgan fingerprint density at radius 1 is 0.714 bits per heavy atom. The first-order valence-electron chi connectivity index (χ1n) is 9.99. The summed E-state index contributed by atoms with van der Waals surface area (Å²) in [7, 11) is 0. The minimum absolute atomic E-state index is 0.0129. The van der Waals surface area contributed by atoms with Gasteiger partial charge in [-0.05, 0) is 67.8 Å². The number of hydrogen-bond donors (Lipinski definition) is 9. The van der Waals surface area contributed by atoms with Gasteiger partial charge in [0, 0.05) is 16.7 Å². The third-order valence-corrected chi connectivity index (χ3v) is 7.66. The maximum absolute atomic E-state index is 13.0. The van der Waals surface area contributed by atoms with Gasteiger partial charge in [0.15, 0.2) is 0 Å². The van der Waals surface area contributed by atoms with E-state index >= 15 is 0 Å². The standard InChI is InChI=1S/C19H26I3N3O10/c20-14-12(18(34)23-1-8(30)4-26)15(21)17(25(11(33)7-29)3-10(32)6-28)16(22)13(14)19(35)24-2-9(31)5-27/h8-10,26-32H,1-7H2,(H,23,34)(H,24,35). The zero-order chi connectivity index (χ0) is 26.9. The fourth-order valence-electron chi connectivity index (χ4n) is 2.69. The largest absolute Gasteiger partial charge is 0.394 e. The van der Waals surface area contributed by atoms with Crippen molar-refractivity contribution in [3.8, 4) is 0 Å². The number of halogens is 3. The van der Waals surface area contributed by atoms with Crippen molar-refractivity contribution in [1.29, 1.82) is 0 Å². The van der Waals surface area contributed by atoms with Crippen LogP contribution in [0.1, 0.15) is 20.7 Å². The molecule has 0 saturated heterocycles. The molecule has 3 unspecified atom stereocenters. The summed E-state index contributed by atoms with van der Waals surface area (Å²) in [6.45, 7) is -3.96. The summed E-state index contributed by atoms with van der Waals surface area (Å²) in [4.78, 5) is 39.6. The van der Waals surface area contributed by atoms with Gasteiger partial charge in [-0.15, -0.1) is 0 Å². The molecule has 0 saturated carbocycles. The topological polar surface area (TPSA) is 220 Å². The Labute approximate surface area is 241 Å². The van der Waals surface area contributed by atoms with Crippen molar-refractivity contribution in [3.63, 3.8) is 0 Å². The van der Waals surface area contributed by atoms with Crippen molar-refractivity contribution < 1.29 is 50.1 Å². The highest BCUT2D eigenvalue weighted by molar-refractivity contribution is 14.1. The number of aliphatic hydroxyl groups excluding tert-OH is 7. The number of carbonyl (C=O) groups excluding carboxylic acids is 3. The first kappa shape index (κ1) is 32.6. The van der Waals surface area contributed by atoms with Gasteiger partial charge in [-0.3, -0.25) is 14.4 Å². The second-order valence-corrected chi connectivity index (χ2v) is 10.4. The maximum Gasteiger partial charge on any atom is 0.253 e. The fraction of sp³-hybridized carbons (Fsp3) is 0.526. The highest BCUT2D eigenvalue weighted by atomic mass is 127. The predicted molar refractivity (Wildman–Crippen MR) is 148 cm³/mol. The van der Waals surface area contributed by atoms with Crippen molar-refractivity contribution in [3.05, 3.63) is 21.8 Å². The summed E-state index contributed by atoms with van der Waals surface area (Å²) in [5.74, 6) is -2.36. The number of amides is 3. The normalized spacial score (nSPS) is 13.7. The number of nitrogens with one attached hydrogen (secondary N) is 2. The highest BCUT2D eigenvalue weighted by Crippen LogP contribution is 2.38. The molecule has 0 heterocycles. The number of rotatable bonds is 13. The molecule has 0 spiro atoms. The molecule has 35 heavy (non-hydrogen) atoms. The van der Waals surface area contributed by atoms with Gasteiger partial charge in [-0.1, -0.05) is 0 Å². The molecule has 16 heteroatoms. The SMILES string of the molecule is O=C(NCC(O)CO)c1c(I)c(C(=O)NCC(O)CO)c(I)c(N(CC(O)CO)C(=O)CO)c1I. The van der Waals surface area contributed by atoms with E-state index in [2.05, 4.69) is 10.6 Å². The third-order valence-electron chi connectivity index (χ3n) is 4.48. The molecule has 0 aliphatic heterocycles. The molecule has 198 valence electrons. The zero-order valence-electron chi connectivity index (χ0n) is 18.1. The zero-order valence-corrected chi connectivity index (χ0v) is 24.6. The van der Waals surface area contributed by atoms with Gasteiger partial charge in [0.1, 0.15) is 6.61 Å². The Hall–Kier alpha value is -0.460. The average Bonchev–Trinajstić information content (AvgIpc) is 2.84. The van der Waals surface area contributed by atoms with E-state index in [1.165, 1.54) is 0 Å². The van der Waals surface area contributed by atoms with Crippen molar-refractivity contribution >= 4 is 91.2 Å². The lowest BCUT2D eigenvalue weighted by atomic mass is 10.1. The van der Waals surface area contributed by atoms with Crippen molar-refractivity contribution in [2.75, 3.05) is 51.0 Å². The van der Waals surface area contributed by atoms with Crippen LogP contribution < -0.4 is 15.5 Å². The lowest BCUT2D eigenvalue weighted by molar-refractivity contribution is -0.121. The van der Waals surface area contributed by atoms with E-state index in [1.807, 2.05) is 0 Å². The van der Waals surface area contributed by atoms with Crippen LogP contribution in [0.2, 0.25) is 0 Å². The molecule has 0 aliphatic rings. The number of benzene rings is 1. The summed E-state index contributed by atoms with van der Waals surface area (Å²) >= 11 is 5.30. The molecule has 3 amide bonds. The third kappa shape index (κ3) is 8.81. The summed E-state index contributed by atoms with van der Waals surface area (Å²) in [5.41, 5.74) is -0.110. The molecule has 1 aromatic rings. The predicted octanol–water partition coefficient (Wildman–Crippen LogP) is -2.66. The van der Waals surface area contributed by atoms with Gasteiger partial charge >= 0.3 is 0 Å². The lowest BCUT2D eigenvalue weighted by Gasteiger charge is -2.29. The average molecular weight is 837 g/mol. The molecule has 1 aromatic carbocycles. The van der Waals surface area contributed by atoms with Gasteiger partial charge in [-0.2, -0.15) is 0 Å². The van der Waals surface area contributed by atoms with Crippen molar-refractivity contribution in [2.45, 2.75) is 18.3 Å². The molecule has 0 bridgehead atoms. The minimum atomic E-state index is -1.40. The van der Waals surface area contributed by atoms with Gasteiger partial charge in [0.05, 0.1) is 68.6 Å². The molecular weight excluding hydrogens is 811 g/mol. The van der Waals surface area contributed by atoms with Crippen LogP contribution in [0.3, 0.4) is 0 Å². The van der Waals surface area contributed by atoms with Gasteiger partial charge < -0.3 is 51.3 Å². The molecule has 3 atom stereocenters. The summed E-state index contributed by atoms with van der Waals surface area (Å²) in [5, 5.41) is 70.8. The minimum Gasteiger partial charge on any atom is -0.394 e. The van der Waals surface area contributed by atoms with Crippen LogP contribution in [0, 0.1) is 10.7 Å². The Bertz CT molecular complexity index is 868.